The van der Waals surface area contributed by atoms with Gasteiger partial charge in [0, 0.05) is 24.7 Å². The molecule has 1 aromatic carbocycles. The highest BCUT2D eigenvalue weighted by atomic mass is 16.2. The third-order valence-corrected chi connectivity index (χ3v) is 4.14. The Hall–Kier alpha value is -1.84. The molecule has 1 N–H and O–H groups in total. The van der Waals surface area contributed by atoms with Crippen molar-refractivity contribution in [2.45, 2.75) is 46.1 Å². The molecule has 1 aliphatic rings. The summed E-state index contributed by atoms with van der Waals surface area (Å²) in [6.45, 7) is 6.61. The van der Waals surface area contributed by atoms with Crippen LogP contribution in [0.1, 0.15) is 38.7 Å². The Morgan fingerprint density at radius 2 is 2.10 bits per heavy atom. The van der Waals surface area contributed by atoms with E-state index in [2.05, 4.69) is 19.2 Å². The molecule has 1 atom stereocenters. The number of nitrogens with one attached hydrogen (secondary N) is 1. The normalized spacial score (nSPS) is 18.4. The van der Waals surface area contributed by atoms with Crippen molar-refractivity contribution in [1.29, 1.82) is 0 Å². The van der Waals surface area contributed by atoms with Crippen molar-refractivity contribution < 1.29 is 9.59 Å². The summed E-state index contributed by atoms with van der Waals surface area (Å²) in [7, 11) is 0. The Labute approximate surface area is 126 Å². The molecule has 0 bridgehead atoms. The Morgan fingerprint density at radius 1 is 1.38 bits per heavy atom. The van der Waals surface area contributed by atoms with Crippen molar-refractivity contribution in [3.8, 4) is 0 Å². The first kappa shape index (κ1) is 15.5. The van der Waals surface area contributed by atoms with Gasteiger partial charge in [0.15, 0.2) is 0 Å². The molecule has 21 heavy (non-hydrogen) atoms. The van der Waals surface area contributed by atoms with E-state index in [9.17, 15) is 9.59 Å². The van der Waals surface area contributed by atoms with Crippen molar-refractivity contribution >= 4 is 17.5 Å². The molecule has 1 heterocycles. The second-order valence-corrected chi connectivity index (χ2v) is 5.77. The van der Waals surface area contributed by atoms with Crippen LogP contribution in [0.3, 0.4) is 0 Å². The molecule has 0 spiro atoms. The fraction of sp³-hybridized carbons (Fsp3) is 0.529. The van der Waals surface area contributed by atoms with E-state index < -0.39 is 0 Å². The average molecular weight is 288 g/mol. The first-order valence-electron chi connectivity index (χ1n) is 7.72. The van der Waals surface area contributed by atoms with E-state index in [1.165, 1.54) is 0 Å². The predicted octanol–water partition coefficient (Wildman–Crippen LogP) is 2.65. The summed E-state index contributed by atoms with van der Waals surface area (Å²) in [6.07, 6.45) is 2.15. The van der Waals surface area contributed by atoms with Gasteiger partial charge in [-0.25, -0.2) is 0 Å². The van der Waals surface area contributed by atoms with E-state index in [4.69, 9.17) is 0 Å². The molecular formula is C17H24N2O2. The van der Waals surface area contributed by atoms with E-state index >= 15 is 0 Å². The summed E-state index contributed by atoms with van der Waals surface area (Å²) in [6, 6.07) is 8.06. The number of carbonyl (C=O) groups is 2. The molecule has 114 valence electrons. The zero-order valence-corrected chi connectivity index (χ0v) is 13.1. The van der Waals surface area contributed by atoms with Crippen molar-refractivity contribution in [3.63, 3.8) is 0 Å². The first-order valence-corrected chi connectivity index (χ1v) is 7.72. The van der Waals surface area contributed by atoms with Crippen molar-refractivity contribution in [3.05, 3.63) is 29.8 Å². The molecule has 0 radical (unpaired) electrons. The van der Waals surface area contributed by atoms with Gasteiger partial charge in [0.25, 0.3) is 0 Å². The highest BCUT2D eigenvalue weighted by molar-refractivity contribution is 6.00. The molecule has 0 unspecified atom stereocenters. The van der Waals surface area contributed by atoms with E-state index in [1.807, 2.05) is 31.2 Å². The number of rotatable bonds is 5. The summed E-state index contributed by atoms with van der Waals surface area (Å²) in [5.41, 5.74) is 2.00. The lowest BCUT2D eigenvalue weighted by atomic mass is 10.1. The molecule has 1 aromatic rings. The Kier molecular flexibility index (Phi) is 4.99. The van der Waals surface area contributed by atoms with E-state index in [0.717, 1.165) is 24.1 Å². The molecule has 1 fully saturated rings. The molecule has 0 aliphatic carbocycles. The summed E-state index contributed by atoms with van der Waals surface area (Å²) >= 11 is 0. The number of aryl methyl sites for hydroxylation is 1. The fourth-order valence-corrected chi connectivity index (χ4v) is 2.74. The van der Waals surface area contributed by atoms with Gasteiger partial charge in [-0.3, -0.25) is 9.59 Å². The largest absolute Gasteiger partial charge is 0.353 e. The van der Waals surface area contributed by atoms with Gasteiger partial charge in [-0.2, -0.15) is 0 Å². The zero-order valence-electron chi connectivity index (χ0n) is 13.1. The highest BCUT2D eigenvalue weighted by Crippen LogP contribution is 2.26. The lowest BCUT2D eigenvalue weighted by Gasteiger charge is -2.19. The third kappa shape index (κ3) is 3.63. The van der Waals surface area contributed by atoms with Crippen molar-refractivity contribution in [2.75, 3.05) is 11.4 Å². The van der Waals surface area contributed by atoms with Crippen LogP contribution in [-0.2, 0) is 9.59 Å². The zero-order chi connectivity index (χ0) is 15.4. The van der Waals surface area contributed by atoms with Crippen molar-refractivity contribution in [2.24, 2.45) is 5.92 Å². The summed E-state index contributed by atoms with van der Waals surface area (Å²) in [4.78, 5) is 26.2. The monoisotopic (exact) mass is 288 g/mol. The van der Waals surface area contributed by atoms with Crippen LogP contribution < -0.4 is 10.2 Å². The molecule has 2 rings (SSSR count). The van der Waals surface area contributed by atoms with Crippen LogP contribution >= 0.6 is 0 Å². The highest BCUT2D eigenvalue weighted by Gasteiger charge is 2.35. The second kappa shape index (κ2) is 6.74. The smallest absolute Gasteiger partial charge is 0.227 e. The maximum atomic E-state index is 12.3. The molecular weight excluding hydrogens is 264 g/mol. The summed E-state index contributed by atoms with van der Waals surface area (Å²) < 4.78 is 0. The number of hydrogen-bond donors (Lipinski definition) is 1. The van der Waals surface area contributed by atoms with E-state index in [1.54, 1.807) is 4.90 Å². The average Bonchev–Trinajstić information content (AvgIpc) is 2.86. The maximum Gasteiger partial charge on any atom is 0.227 e. The van der Waals surface area contributed by atoms with E-state index in [0.29, 0.717) is 13.0 Å². The topological polar surface area (TPSA) is 49.4 Å². The summed E-state index contributed by atoms with van der Waals surface area (Å²) in [5.74, 6) is -0.198. The third-order valence-electron chi connectivity index (χ3n) is 4.14. The molecule has 0 aromatic heterocycles. The van der Waals surface area contributed by atoms with Crippen molar-refractivity contribution in [1.82, 2.24) is 5.32 Å². The lowest BCUT2D eigenvalue weighted by Crippen LogP contribution is -2.39. The minimum atomic E-state index is -0.237. The number of nitrogens with zero attached hydrogens (tertiary/aromatic N) is 1. The number of hydrogen-bond acceptors (Lipinski definition) is 2. The van der Waals surface area contributed by atoms with Crippen LogP contribution in [-0.4, -0.2) is 24.4 Å². The minimum absolute atomic E-state index is 0.00667. The van der Waals surface area contributed by atoms with Gasteiger partial charge in [0.1, 0.15) is 0 Å². The quantitative estimate of drug-likeness (QED) is 0.905. The van der Waals surface area contributed by atoms with Crippen LogP contribution in [0.4, 0.5) is 5.69 Å². The van der Waals surface area contributed by atoms with Crippen LogP contribution in [0.2, 0.25) is 0 Å². The molecule has 1 aliphatic heterocycles. The Bertz CT molecular complexity index is 523. The van der Waals surface area contributed by atoms with Gasteiger partial charge in [-0.1, -0.05) is 26.0 Å². The molecule has 4 heteroatoms. The Morgan fingerprint density at radius 3 is 2.71 bits per heavy atom. The lowest BCUT2D eigenvalue weighted by molar-refractivity contribution is -0.127. The SMILES string of the molecule is CCC(CC)NC(=O)[C@@H]1CC(=O)N(c2cccc(C)c2)C1. The van der Waals surface area contributed by atoms with Gasteiger partial charge in [-0.15, -0.1) is 0 Å². The number of anilines is 1. The van der Waals surface area contributed by atoms with Crippen LogP contribution in [0.5, 0.6) is 0 Å². The molecule has 2 amide bonds. The van der Waals surface area contributed by atoms with Gasteiger partial charge in [0.05, 0.1) is 5.92 Å². The summed E-state index contributed by atoms with van der Waals surface area (Å²) in [5, 5.41) is 3.04. The van der Waals surface area contributed by atoms with Crippen LogP contribution in [0.15, 0.2) is 24.3 Å². The fourth-order valence-electron chi connectivity index (χ4n) is 2.74. The number of amides is 2. The predicted molar refractivity (Wildman–Crippen MR) is 84.2 cm³/mol. The molecule has 4 nitrogen and oxygen atoms in total. The second-order valence-electron chi connectivity index (χ2n) is 5.77. The molecule has 0 saturated carbocycles. The Balaban J connectivity index is 2.04. The number of benzene rings is 1. The van der Waals surface area contributed by atoms with Gasteiger partial charge in [0.2, 0.25) is 11.8 Å². The van der Waals surface area contributed by atoms with Gasteiger partial charge < -0.3 is 10.2 Å². The van der Waals surface area contributed by atoms with Crippen LogP contribution in [0, 0.1) is 12.8 Å². The minimum Gasteiger partial charge on any atom is -0.353 e. The molecule has 1 saturated heterocycles. The van der Waals surface area contributed by atoms with E-state index in [-0.39, 0.29) is 23.8 Å². The van der Waals surface area contributed by atoms with Gasteiger partial charge >= 0.3 is 0 Å². The number of carbonyl (C=O) groups excluding carboxylic acids is 2. The van der Waals surface area contributed by atoms with Crippen LogP contribution in [0.25, 0.3) is 0 Å². The van der Waals surface area contributed by atoms with Gasteiger partial charge in [-0.05, 0) is 37.5 Å². The first-order chi connectivity index (χ1) is 10.0. The maximum absolute atomic E-state index is 12.3. The standard InChI is InChI=1S/C17H24N2O2/c1-4-14(5-2)18-17(21)13-10-16(20)19(11-13)15-8-6-7-12(3)9-15/h6-9,13-14H,4-5,10-11H2,1-3H3,(H,18,21)/t13-/m1/s1.